The van der Waals surface area contributed by atoms with Crippen molar-refractivity contribution in [1.29, 1.82) is 0 Å². The summed E-state index contributed by atoms with van der Waals surface area (Å²) in [6.07, 6.45) is 2.38. The molecular formula is C28H31BrN2O2S. The fourth-order valence-electron chi connectivity index (χ4n) is 3.59. The van der Waals surface area contributed by atoms with Gasteiger partial charge in [-0.1, -0.05) is 89.9 Å². The highest BCUT2D eigenvalue weighted by Crippen LogP contribution is 2.21. The third-order valence-corrected chi connectivity index (χ3v) is 7.00. The molecule has 0 aliphatic carbocycles. The molecule has 1 atom stereocenters. The van der Waals surface area contributed by atoms with Gasteiger partial charge in [0.1, 0.15) is 6.04 Å². The number of nitrogens with zero attached hydrogens (tertiary/aromatic N) is 1. The Morgan fingerprint density at radius 3 is 2.21 bits per heavy atom. The maximum atomic E-state index is 13.6. The lowest BCUT2D eigenvalue weighted by molar-refractivity contribution is -0.139. The van der Waals surface area contributed by atoms with E-state index in [2.05, 4.69) is 28.2 Å². The van der Waals surface area contributed by atoms with Crippen LogP contribution >= 0.6 is 27.7 Å². The molecule has 1 N–H and O–H groups in total. The Bertz CT molecular complexity index is 1030. The summed E-state index contributed by atoms with van der Waals surface area (Å²) < 4.78 is 0.979. The first-order chi connectivity index (χ1) is 16.6. The molecule has 178 valence electrons. The normalized spacial score (nSPS) is 11.6. The van der Waals surface area contributed by atoms with Gasteiger partial charge in [-0.25, -0.2) is 0 Å². The molecule has 0 radical (unpaired) electrons. The van der Waals surface area contributed by atoms with Gasteiger partial charge in [-0.05, 0) is 41.8 Å². The zero-order valence-electron chi connectivity index (χ0n) is 19.5. The topological polar surface area (TPSA) is 49.4 Å². The highest BCUT2D eigenvalue weighted by molar-refractivity contribution is 9.10. The van der Waals surface area contributed by atoms with Crippen LogP contribution in [0.3, 0.4) is 0 Å². The Morgan fingerprint density at radius 1 is 0.912 bits per heavy atom. The van der Waals surface area contributed by atoms with E-state index >= 15 is 0 Å². The lowest BCUT2D eigenvalue weighted by atomic mass is 10.0. The van der Waals surface area contributed by atoms with Crippen LogP contribution < -0.4 is 5.32 Å². The summed E-state index contributed by atoms with van der Waals surface area (Å²) in [4.78, 5) is 29.7. The number of amides is 2. The van der Waals surface area contributed by atoms with E-state index in [0.717, 1.165) is 33.3 Å². The van der Waals surface area contributed by atoms with Crippen LogP contribution in [0.5, 0.6) is 0 Å². The Kier molecular flexibility index (Phi) is 10.7. The van der Waals surface area contributed by atoms with Gasteiger partial charge < -0.3 is 10.2 Å². The maximum absolute atomic E-state index is 13.6. The third-order valence-electron chi connectivity index (χ3n) is 5.47. The number of carbonyl (C=O) groups is 2. The van der Waals surface area contributed by atoms with Crippen LogP contribution in [0.25, 0.3) is 0 Å². The lowest BCUT2D eigenvalue weighted by Crippen LogP contribution is -2.51. The third kappa shape index (κ3) is 8.33. The predicted octanol–water partition coefficient (Wildman–Crippen LogP) is 6.10. The van der Waals surface area contributed by atoms with Crippen LogP contribution in [0.2, 0.25) is 0 Å². The molecule has 0 unspecified atom stereocenters. The Labute approximate surface area is 215 Å². The number of nitrogens with one attached hydrogen (secondary N) is 1. The van der Waals surface area contributed by atoms with E-state index in [1.165, 1.54) is 11.8 Å². The van der Waals surface area contributed by atoms with Crippen molar-refractivity contribution < 1.29 is 9.59 Å². The number of halogens is 1. The second kappa shape index (κ2) is 14.0. The van der Waals surface area contributed by atoms with Crippen LogP contribution in [0.4, 0.5) is 0 Å². The van der Waals surface area contributed by atoms with Gasteiger partial charge in [0, 0.05) is 28.9 Å². The number of unbranched alkanes of at least 4 members (excludes halogenated alkanes) is 1. The minimum Gasteiger partial charge on any atom is -0.354 e. The monoisotopic (exact) mass is 538 g/mol. The molecule has 0 saturated carbocycles. The molecule has 0 bridgehead atoms. The summed E-state index contributed by atoms with van der Waals surface area (Å²) in [5.41, 5.74) is 2.02. The summed E-state index contributed by atoms with van der Waals surface area (Å²) in [5.74, 6) is 0.115. The van der Waals surface area contributed by atoms with E-state index in [0.29, 0.717) is 19.5 Å². The molecule has 0 spiro atoms. The number of hydrogen-bond acceptors (Lipinski definition) is 3. The first kappa shape index (κ1) is 26.0. The molecule has 0 saturated heterocycles. The molecule has 0 aliphatic heterocycles. The van der Waals surface area contributed by atoms with Crippen LogP contribution in [0.15, 0.2) is 94.3 Å². The highest BCUT2D eigenvalue weighted by Gasteiger charge is 2.30. The van der Waals surface area contributed by atoms with Crippen molar-refractivity contribution in [2.24, 2.45) is 0 Å². The quantitative estimate of drug-likeness (QED) is 0.224. The second-order valence-electron chi connectivity index (χ2n) is 8.10. The highest BCUT2D eigenvalue weighted by atomic mass is 79.9. The molecule has 3 aromatic carbocycles. The first-order valence-corrected chi connectivity index (χ1v) is 13.4. The molecule has 0 aromatic heterocycles. The van der Waals surface area contributed by atoms with Gasteiger partial charge in [-0.3, -0.25) is 9.59 Å². The first-order valence-electron chi connectivity index (χ1n) is 11.6. The summed E-state index contributed by atoms with van der Waals surface area (Å²) in [6, 6.07) is 27.1. The standard InChI is InChI=1S/C28H31BrN2O2S/c1-2-3-18-30-28(33)26(19-22-10-6-4-7-11-22)31(20-23-14-16-24(29)17-15-23)27(32)21-34-25-12-8-5-9-13-25/h4-17,26H,2-3,18-21H2,1H3,(H,30,33)/t26-/m0/s1. The van der Waals surface area contributed by atoms with Crippen molar-refractivity contribution in [3.63, 3.8) is 0 Å². The smallest absolute Gasteiger partial charge is 0.243 e. The van der Waals surface area contributed by atoms with Gasteiger partial charge in [0.15, 0.2) is 0 Å². The van der Waals surface area contributed by atoms with Gasteiger partial charge in [0.2, 0.25) is 11.8 Å². The van der Waals surface area contributed by atoms with Crippen molar-refractivity contribution in [2.75, 3.05) is 12.3 Å². The summed E-state index contributed by atoms with van der Waals surface area (Å²) in [7, 11) is 0. The van der Waals surface area contributed by atoms with Crippen molar-refractivity contribution in [3.8, 4) is 0 Å². The van der Waals surface area contributed by atoms with Crippen LogP contribution in [-0.2, 0) is 22.6 Å². The number of carbonyl (C=O) groups excluding carboxylic acids is 2. The van der Waals surface area contributed by atoms with Crippen molar-refractivity contribution >= 4 is 39.5 Å². The average Bonchev–Trinajstić information content (AvgIpc) is 2.87. The summed E-state index contributed by atoms with van der Waals surface area (Å²) >= 11 is 4.97. The van der Waals surface area contributed by atoms with E-state index < -0.39 is 6.04 Å². The molecule has 3 aromatic rings. The lowest BCUT2D eigenvalue weighted by Gasteiger charge is -2.31. The molecule has 0 heterocycles. The van der Waals surface area contributed by atoms with Crippen molar-refractivity contribution in [2.45, 2.75) is 43.7 Å². The average molecular weight is 540 g/mol. The van der Waals surface area contributed by atoms with E-state index in [4.69, 9.17) is 0 Å². The molecule has 0 fully saturated rings. The van der Waals surface area contributed by atoms with Gasteiger partial charge in [0.25, 0.3) is 0 Å². The minimum atomic E-state index is -0.591. The number of hydrogen-bond donors (Lipinski definition) is 1. The van der Waals surface area contributed by atoms with Gasteiger partial charge in [-0.2, -0.15) is 0 Å². The zero-order chi connectivity index (χ0) is 24.2. The predicted molar refractivity (Wildman–Crippen MR) is 144 cm³/mol. The second-order valence-corrected chi connectivity index (χ2v) is 10.1. The number of rotatable bonds is 12. The molecule has 6 heteroatoms. The molecular weight excluding hydrogens is 508 g/mol. The van der Waals surface area contributed by atoms with Crippen LogP contribution in [0, 0.1) is 0 Å². The van der Waals surface area contributed by atoms with E-state index in [1.807, 2.05) is 84.9 Å². The fraction of sp³-hybridized carbons (Fsp3) is 0.286. The molecule has 34 heavy (non-hydrogen) atoms. The van der Waals surface area contributed by atoms with Crippen LogP contribution in [-0.4, -0.2) is 35.1 Å². The van der Waals surface area contributed by atoms with E-state index in [9.17, 15) is 9.59 Å². The van der Waals surface area contributed by atoms with Crippen molar-refractivity contribution in [3.05, 3.63) is 101 Å². The summed E-state index contributed by atoms with van der Waals surface area (Å²) in [6.45, 7) is 3.08. The zero-order valence-corrected chi connectivity index (χ0v) is 21.9. The van der Waals surface area contributed by atoms with Gasteiger partial charge in [-0.15, -0.1) is 11.8 Å². The number of thioether (sulfide) groups is 1. The Balaban J connectivity index is 1.86. The van der Waals surface area contributed by atoms with E-state index in [1.54, 1.807) is 4.90 Å². The van der Waals surface area contributed by atoms with Crippen molar-refractivity contribution in [1.82, 2.24) is 10.2 Å². The SMILES string of the molecule is CCCCNC(=O)[C@H](Cc1ccccc1)N(Cc1ccc(Br)cc1)C(=O)CSc1ccccc1. The largest absolute Gasteiger partial charge is 0.354 e. The molecule has 2 amide bonds. The summed E-state index contributed by atoms with van der Waals surface area (Å²) in [5, 5.41) is 3.06. The van der Waals surface area contributed by atoms with Gasteiger partial charge >= 0.3 is 0 Å². The Hall–Kier alpha value is -2.57. The van der Waals surface area contributed by atoms with Gasteiger partial charge in [0.05, 0.1) is 5.75 Å². The number of benzene rings is 3. The minimum absolute atomic E-state index is 0.0525. The molecule has 4 nitrogen and oxygen atoms in total. The van der Waals surface area contributed by atoms with E-state index in [-0.39, 0.29) is 17.6 Å². The fourth-order valence-corrected chi connectivity index (χ4v) is 4.66. The molecule has 3 rings (SSSR count). The maximum Gasteiger partial charge on any atom is 0.243 e. The Morgan fingerprint density at radius 2 is 1.56 bits per heavy atom. The molecule has 0 aliphatic rings. The van der Waals surface area contributed by atoms with Crippen LogP contribution in [0.1, 0.15) is 30.9 Å².